The van der Waals surface area contributed by atoms with E-state index >= 15 is 0 Å². The molecule has 0 aromatic rings. The van der Waals surface area contributed by atoms with Crippen molar-refractivity contribution < 1.29 is 37.9 Å². The zero-order valence-electron chi connectivity index (χ0n) is 33.1. The van der Waals surface area contributed by atoms with Gasteiger partial charge in [0, 0.05) is 12.8 Å². The largest absolute Gasteiger partial charge is 0.790 e. The van der Waals surface area contributed by atoms with Crippen molar-refractivity contribution in [3.63, 3.8) is 0 Å². The average Bonchev–Trinajstić information content (AvgIpc) is 3.11. The van der Waals surface area contributed by atoms with Gasteiger partial charge >= 0.3 is 11.9 Å². The summed E-state index contributed by atoms with van der Waals surface area (Å²) in [4.78, 5) is 46.5. The first kappa shape index (κ1) is 50.0. The van der Waals surface area contributed by atoms with E-state index in [2.05, 4.69) is 54.8 Å². The lowest BCUT2D eigenvalue weighted by atomic mass is 10.0. The third kappa shape index (κ3) is 40.8. The Morgan fingerprint density at radius 1 is 0.500 bits per heavy atom. The van der Waals surface area contributed by atoms with Crippen molar-refractivity contribution >= 4 is 19.8 Å². The van der Waals surface area contributed by atoms with Crippen molar-refractivity contribution in [3.05, 3.63) is 48.6 Å². The molecule has 0 radical (unpaired) electrons. The van der Waals surface area contributed by atoms with E-state index in [9.17, 15) is 23.9 Å². The monoisotopic (exact) mass is 751 g/mol. The van der Waals surface area contributed by atoms with Crippen LogP contribution in [0.25, 0.3) is 0 Å². The predicted molar refractivity (Wildman–Crippen MR) is 212 cm³/mol. The summed E-state index contributed by atoms with van der Waals surface area (Å²) in [6, 6.07) is 0. The Bertz CT molecular complexity index is 984. The van der Waals surface area contributed by atoms with E-state index in [1.54, 1.807) is 0 Å². The number of esters is 2. The Labute approximate surface area is 318 Å². The molecule has 0 saturated heterocycles. The molecule has 0 aliphatic rings. The second-order valence-corrected chi connectivity index (χ2v) is 15.1. The minimum Gasteiger partial charge on any atom is -0.790 e. The maximum atomic E-state index is 12.3. The summed E-state index contributed by atoms with van der Waals surface area (Å²) >= 11 is 0. The molecule has 0 bridgehead atoms. The molecule has 0 saturated carbocycles. The Balaban J connectivity index is 4.00. The van der Waals surface area contributed by atoms with Gasteiger partial charge in [0.25, 0.3) is 0 Å². The van der Waals surface area contributed by atoms with E-state index in [-0.39, 0.29) is 19.4 Å². The van der Waals surface area contributed by atoms with Crippen molar-refractivity contribution in [2.24, 2.45) is 0 Å². The summed E-state index contributed by atoms with van der Waals surface area (Å²) in [5.41, 5.74) is 0. The van der Waals surface area contributed by atoms with E-state index in [4.69, 9.17) is 9.47 Å². The van der Waals surface area contributed by atoms with Gasteiger partial charge in [-0.1, -0.05) is 178 Å². The molecule has 0 heterocycles. The van der Waals surface area contributed by atoms with Crippen molar-refractivity contribution in [3.8, 4) is 0 Å². The molecular formula is C43H75O8P-2. The highest BCUT2D eigenvalue weighted by Crippen LogP contribution is 2.25. The number of phosphoric acid groups is 1. The van der Waals surface area contributed by atoms with Crippen LogP contribution in [-0.4, -0.2) is 31.3 Å². The lowest BCUT2D eigenvalue weighted by Gasteiger charge is -2.30. The van der Waals surface area contributed by atoms with Crippen LogP contribution in [0.3, 0.4) is 0 Å². The van der Waals surface area contributed by atoms with E-state index in [1.807, 2.05) is 12.2 Å². The number of hydrogen-bond donors (Lipinski definition) is 0. The molecule has 0 aliphatic heterocycles. The van der Waals surface area contributed by atoms with Gasteiger partial charge in [-0.3, -0.25) is 9.59 Å². The van der Waals surface area contributed by atoms with Crippen LogP contribution in [0.15, 0.2) is 48.6 Å². The highest BCUT2D eigenvalue weighted by molar-refractivity contribution is 7.43. The van der Waals surface area contributed by atoms with Gasteiger partial charge in [0.1, 0.15) is 6.61 Å². The van der Waals surface area contributed by atoms with E-state index in [0.29, 0.717) is 19.3 Å². The Morgan fingerprint density at radius 2 is 0.885 bits per heavy atom. The van der Waals surface area contributed by atoms with Crippen LogP contribution in [0.5, 0.6) is 0 Å². The fourth-order valence-corrected chi connectivity index (χ4v) is 6.06. The molecule has 9 heteroatoms. The Kier molecular flexibility index (Phi) is 37.2. The molecule has 0 aromatic carbocycles. The summed E-state index contributed by atoms with van der Waals surface area (Å²) in [7, 11) is -5.27. The number of unbranched alkanes of at least 4 members (excludes halogenated alkanes) is 20. The van der Waals surface area contributed by atoms with Gasteiger partial charge in [0.05, 0.1) is 14.4 Å². The van der Waals surface area contributed by atoms with Crippen molar-refractivity contribution in [1.29, 1.82) is 0 Å². The van der Waals surface area contributed by atoms with Gasteiger partial charge in [-0.2, -0.15) is 0 Å². The van der Waals surface area contributed by atoms with E-state index in [0.717, 1.165) is 44.9 Å². The quantitative estimate of drug-likeness (QED) is 0.0264. The molecule has 0 spiro atoms. The molecule has 1 atom stereocenters. The first-order chi connectivity index (χ1) is 25.3. The highest BCUT2D eigenvalue weighted by Gasteiger charge is 2.18. The van der Waals surface area contributed by atoms with Crippen LogP contribution in [0.4, 0.5) is 0 Å². The number of carbonyl (C=O) groups excluding carboxylic acids is 2. The fraction of sp³-hybridized carbons (Fsp3) is 0.767. The van der Waals surface area contributed by atoms with Crippen LogP contribution in [0.2, 0.25) is 0 Å². The van der Waals surface area contributed by atoms with Gasteiger partial charge < -0.3 is 28.3 Å². The van der Waals surface area contributed by atoms with Crippen LogP contribution in [-0.2, 0) is 28.2 Å². The number of ether oxygens (including phenoxy) is 2. The van der Waals surface area contributed by atoms with Crippen LogP contribution in [0.1, 0.15) is 194 Å². The molecule has 52 heavy (non-hydrogen) atoms. The minimum absolute atomic E-state index is 0.105. The van der Waals surface area contributed by atoms with Crippen molar-refractivity contribution in [1.82, 2.24) is 0 Å². The zero-order chi connectivity index (χ0) is 38.2. The molecule has 0 N–H and O–H groups in total. The number of allylic oxidation sites excluding steroid dienone is 8. The van der Waals surface area contributed by atoms with Gasteiger partial charge in [0.15, 0.2) is 6.10 Å². The molecule has 8 nitrogen and oxygen atoms in total. The lowest BCUT2D eigenvalue weighted by Crippen LogP contribution is -2.31. The van der Waals surface area contributed by atoms with Crippen molar-refractivity contribution in [2.75, 3.05) is 13.2 Å². The maximum absolute atomic E-state index is 12.3. The van der Waals surface area contributed by atoms with Crippen LogP contribution in [0, 0.1) is 0 Å². The van der Waals surface area contributed by atoms with E-state index < -0.39 is 32.5 Å². The first-order valence-electron chi connectivity index (χ1n) is 20.9. The summed E-state index contributed by atoms with van der Waals surface area (Å²) in [5.74, 6) is -1.02. The predicted octanol–water partition coefficient (Wildman–Crippen LogP) is 11.5. The maximum Gasteiger partial charge on any atom is 0.306 e. The van der Waals surface area contributed by atoms with Crippen molar-refractivity contribution in [2.45, 2.75) is 200 Å². The number of rotatable bonds is 38. The average molecular weight is 751 g/mol. The molecule has 0 rings (SSSR count). The highest BCUT2D eigenvalue weighted by atomic mass is 31.2. The van der Waals surface area contributed by atoms with E-state index in [1.165, 1.54) is 103 Å². The third-order valence-corrected chi connectivity index (χ3v) is 9.31. The second-order valence-electron chi connectivity index (χ2n) is 13.9. The Hall–Kier alpha value is -1.99. The Morgan fingerprint density at radius 3 is 1.35 bits per heavy atom. The SMILES string of the molecule is CCCCC/C=C\C/C=C\C/C=C\C/C=C\CCCC(=O)O[C@H](COC(=O)CCCCCCCCCCCCCCCCCCC)COP(=O)([O-])[O-]. The van der Waals surface area contributed by atoms with Gasteiger partial charge in [-0.05, 0) is 51.4 Å². The second kappa shape index (κ2) is 38.7. The third-order valence-electron chi connectivity index (χ3n) is 8.84. The molecule has 0 aliphatic carbocycles. The number of hydrogen-bond acceptors (Lipinski definition) is 8. The lowest BCUT2D eigenvalue weighted by molar-refractivity contribution is -0.343. The standard InChI is InChI=1S/C43H77O8P/c1-3-5-7-9-11-13-15-17-19-21-23-25-27-29-31-33-35-37-42(44)49-39-41(40-50-52(46,47)48)51-43(45)38-36-34-32-30-28-26-24-22-20-18-16-14-12-10-8-6-4-2/h12,14,18,20,24,26,30,32,41H,3-11,13,15-17,19,21-23,25,27-29,31,33-40H2,1-2H3,(H2,46,47,48)/p-2/b14-12-,20-18-,26-24-,32-30-/t41-/m1/s1. The van der Waals surface area contributed by atoms with Crippen LogP contribution < -0.4 is 9.79 Å². The summed E-state index contributed by atoms with van der Waals surface area (Å²) in [6.07, 6.45) is 46.5. The van der Waals surface area contributed by atoms with Gasteiger partial charge in [0.2, 0.25) is 0 Å². The molecule has 302 valence electrons. The molecule has 0 fully saturated rings. The molecule has 0 amide bonds. The molecule has 0 aromatic heterocycles. The normalized spacial score (nSPS) is 12.9. The van der Waals surface area contributed by atoms with Gasteiger partial charge in [-0.15, -0.1) is 0 Å². The number of carbonyl (C=O) groups is 2. The van der Waals surface area contributed by atoms with Crippen LogP contribution >= 0.6 is 7.82 Å². The topological polar surface area (TPSA) is 125 Å². The molecular weight excluding hydrogens is 675 g/mol. The zero-order valence-corrected chi connectivity index (χ0v) is 34.0. The first-order valence-corrected chi connectivity index (χ1v) is 22.4. The summed E-state index contributed by atoms with van der Waals surface area (Å²) in [5, 5.41) is 0. The minimum atomic E-state index is -5.27. The summed E-state index contributed by atoms with van der Waals surface area (Å²) in [6.45, 7) is 3.43. The summed E-state index contributed by atoms with van der Waals surface area (Å²) < 4.78 is 25.8. The smallest absolute Gasteiger partial charge is 0.306 e. The fourth-order valence-electron chi connectivity index (χ4n) is 5.71. The van der Waals surface area contributed by atoms with Gasteiger partial charge in [-0.25, -0.2) is 0 Å². The molecule has 0 unspecified atom stereocenters. The number of phosphoric ester groups is 1.